The summed E-state index contributed by atoms with van der Waals surface area (Å²) in [6.45, 7) is 6.95. The third-order valence-electron chi connectivity index (χ3n) is 6.52. The van der Waals surface area contributed by atoms with Crippen LogP contribution in [0.3, 0.4) is 0 Å². The molecule has 0 aromatic rings. The fourth-order valence-electron chi connectivity index (χ4n) is 4.58. The third-order valence-corrected chi connectivity index (χ3v) is 6.52. The van der Waals surface area contributed by atoms with Gasteiger partial charge in [-0.1, -0.05) is 70.4 Å². The molecule has 0 saturated carbocycles. The van der Waals surface area contributed by atoms with E-state index in [0.29, 0.717) is 0 Å². The maximum absolute atomic E-state index is 9.28. The van der Waals surface area contributed by atoms with Gasteiger partial charge in [-0.3, -0.25) is 0 Å². The number of aliphatic hydroxyl groups is 3. The topological polar surface area (TPSA) is 60.7 Å². The number of hydrogen-bond donors (Lipinski definition) is 3. The molecule has 0 saturated heterocycles. The van der Waals surface area contributed by atoms with Crippen molar-refractivity contribution in [3.63, 3.8) is 0 Å². The lowest BCUT2D eigenvalue weighted by molar-refractivity contribution is -0.929. The van der Waals surface area contributed by atoms with Crippen LogP contribution in [0.1, 0.15) is 116 Å². The minimum Gasteiger partial charge on any atom is -1.00 e. The summed E-state index contributed by atoms with van der Waals surface area (Å²) < 4.78 is 0.949. The van der Waals surface area contributed by atoms with E-state index in [0.717, 1.165) is 49.9 Å². The number of unbranched alkanes of at least 4 members (excludes halogenated alkanes) is 12. The molecule has 0 unspecified atom stereocenters. The molecule has 0 aliphatic carbocycles. The zero-order valence-electron chi connectivity index (χ0n) is 21.3. The zero-order chi connectivity index (χ0) is 22.9. The van der Waals surface area contributed by atoms with Gasteiger partial charge in [0.15, 0.2) is 0 Å². The van der Waals surface area contributed by atoms with Crippen LogP contribution in [-0.4, -0.2) is 65.8 Å². The first kappa shape index (κ1) is 34.2. The van der Waals surface area contributed by atoms with Crippen LogP contribution in [0.15, 0.2) is 12.2 Å². The highest BCUT2D eigenvalue weighted by atomic mass is 79.9. The minimum absolute atomic E-state index is 0. The molecular formula is C27H56BrNO3. The molecule has 0 aromatic carbocycles. The number of allylic oxidation sites excluding steroid dienone is 2. The smallest absolute Gasteiger partial charge is 0.0808 e. The third kappa shape index (κ3) is 21.9. The number of nitrogens with zero attached hydrogens (tertiary/aromatic N) is 1. The van der Waals surface area contributed by atoms with Gasteiger partial charge in [0, 0.05) is 39.1 Å². The first-order valence-corrected chi connectivity index (χ1v) is 13.6. The summed E-state index contributed by atoms with van der Waals surface area (Å²) in [4.78, 5) is 0. The molecule has 0 atom stereocenters. The van der Waals surface area contributed by atoms with Crippen LogP contribution in [0.5, 0.6) is 0 Å². The van der Waals surface area contributed by atoms with E-state index < -0.39 is 0 Å². The molecule has 0 bridgehead atoms. The van der Waals surface area contributed by atoms with Crippen LogP contribution in [-0.2, 0) is 0 Å². The van der Waals surface area contributed by atoms with Crippen molar-refractivity contribution in [1.29, 1.82) is 0 Å². The van der Waals surface area contributed by atoms with Crippen LogP contribution in [0.4, 0.5) is 0 Å². The highest BCUT2D eigenvalue weighted by Crippen LogP contribution is 2.16. The van der Waals surface area contributed by atoms with Crippen LogP contribution in [0, 0.1) is 0 Å². The summed E-state index contributed by atoms with van der Waals surface area (Å²) in [6.07, 6.45) is 25.8. The molecule has 0 aliphatic heterocycles. The Morgan fingerprint density at radius 2 is 0.812 bits per heavy atom. The Labute approximate surface area is 210 Å². The molecule has 5 heteroatoms. The molecular weight excluding hydrogens is 466 g/mol. The van der Waals surface area contributed by atoms with E-state index in [4.69, 9.17) is 0 Å². The second-order valence-corrected chi connectivity index (χ2v) is 9.41. The predicted molar refractivity (Wildman–Crippen MR) is 134 cm³/mol. The van der Waals surface area contributed by atoms with Gasteiger partial charge < -0.3 is 36.8 Å². The number of hydrogen-bond acceptors (Lipinski definition) is 3. The second-order valence-electron chi connectivity index (χ2n) is 9.41. The Balaban J connectivity index is 0. The lowest BCUT2D eigenvalue weighted by Crippen LogP contribution is -3.00. The number of halogens is 1. The standard InChI is InChI=1S/C27H56NO3.BrH/c1-2-3-4-5-6-7-8-9-10-11-12-13-14-15-16-17-21-28(22-18-25-29,23-19-26-30)24-20-27-31;/h9-10,29-31H,2-8,11-27H2,1H3;1H/q+1;/p-1/b10-9-;. The van der Waals surface area contributed by atoms with Gasteiger partial charge in [0.2, 0.25) is 0 Å². The van der Waals surface area contributed by atoms with Crippen molar-refractivity contribution in [2.75, 3.05) is 46.0 Å². The van der Waals surface area contributed by atoms with Gasteiger partial charge in [-0.2, -0.15) is 0 Å². The molecule has 0 amide bonds. The van der Waals surface area contributed by atoms with Crippen LogP contribution < -0.4 is 17.0 Å². The quantitative estimate of drug-likeness (QED) is 0.0982. The Morgan fingerprint density at radius 3 is 1.22 bits per heavy atom. The van der Waals surface area contributed by atoms with E-state index in [1.807, 2.05) is 0 Å². The van der Waals surface area contributed by atoms with E-state index in [2.05, 4.69) is 19.1 Å². The van der Waals surface area contributed by atoms with Gasteiger partial charge >= 0.3 is 0 Å². The first-order valence-electron chi connectivity index (χ1n) is 13.6. The van der Waals surface area contributed by atoms with Gasteiger partial charge in [-0.15, -0.1) is 0 Å². The predicted octanol–water partition coefficient (Wildman–Crippen LogP) is 2.99. The van der Waals surface area contributed by atoms with Crippen LogP contribution in [0.25, 0.3) is 0 Å². The molecule has 0 aromatic heterocycles. The first-order chi connectivity index (χ1) is 15.2. The van der Waals surface area contributed by atoms with Crippen molar-refractivity contribution in [2.24, 2.45) is 0 Å². The van der Waals surface area contributed by atoms with Crippen LogP contribution >= 0.6 is 0 Å². The molecule has 0 heterocycles. The van der Waals surface area contributed by atoms with Crippen molar-refractivity contribution >= 4 is 0 Å². The van der Waals surface area contributed by atoms with Crippen molar-refractivity contribution in [1.82, 2.24) is 0 Å². The largest absolute Gasteiger partial charge is 1.00 e. The SMILES string of the molecule is CCCCCCCC/C=C\CCCCCCCC[N+](CCCO)(CCCO)CCCO.[Br-]. The molecule has 32 heavy (non-hydrogen) atoms. The van der Waals surface area contributed by atoms with Gasteiger partial charge in [0.25, 0.3) is 0 Å². The summed E-state index contributed by atoms with van der Waals surface area (Å²) >= 11 is 0. The van der Waals surface area contributed by atoms with E-state index in [-0.39, 0.29) is 36.8 Å². The molecule has 0 rings (SSSR count). The molecule has 3 N–H and O–H groups in total. The van der Waals surface area contributed by atoms with Gasteiger partial charge in [0.1, 0.15) is 0 Å². The van der Waals surface area contributed by atoms with E-state index in [1.165, 1.54) is 89.9 Å². The van der Waals surface area contributed by atoms with Crippen LogP contribution in [0.2, 0.25) is 0 Å². The Kier molecular flexibility index (Phi) is 29.2. The number of rotatable bonds is 25. The van der Waals surface area contributed by atoms with Crippen molar-refractivity contribution in [3.8, 4) is 0 Å². The summed E-state index contributed by atoms with van der Waals surface area (Å²) in [5.74, 6) is 0. The van der Waals surface area contributed by atoms with Crippen molar-refractivity contribution in [2.45, 2.75) is 116 Å². The van der Waals surface area contributed by atoms with Gasteiger partial charge in [-0.25, -0.2) is 0 Å². The van der Waals surface area contributed by atoms with Crippen molar-refractivity contribution in [3.05, 3.63) is 12.2 Å². The summed E-state index contributed by atoms with van der Waals surface area (Å²) in [6, 6.07) is 0. The summed E-state index contributed by atoms with van der Waals surface area (Å²) in [5, 5.41) is 27.8. The average Bonchev–Trinajstić information content (AvgIpc) is 2.79. The maximum atomic E-state index is 9.28. The Bertz CT molecular complexity index is 358. The van der Waals surface area contributed by atoms with E-state index >= 15 is 0 Å². The fraction of sp³-hybridized carbons (Fsp3) is 0.926. The highest BCUT2D eigenvalue weighted by molar-refractivity contribution is 4.81. The maximum Gasteiger partial charge on any atom is 0.0808 e. The monoisotopic (exact) mass is 521 g/mol. The van der Waals surface area contributed by atoms with E-state index in [9.17, 15) is 15.3 Å². The number of aliphatic hydroxyl groups excluding tert-OH is 3. The molecule has 194 valence electrons. The second kappa shape index (κ2) is 27.3. The molecule has 0 fully saturated rings. The molecule has 0 radical (unpaired) electrons. The zero-order valence-corrected chi connectivity index (χ0v) is 22.9. The summed E-state index contributed by atoms with van der Waals surface area (Å²) in [5.41, 5.74) is 0. The lowest BCUT2D eigenvalue weighted by Gasteiger charge is -2.39. The molecule has 0 aliphatic rings. The average molecular weight is 523 g/mol. The Morgan fingerprint density at radius 1 is 0.469 bits per heavy atom. The molecule has 4 nitrogen and oxygen atoms in total. The van der Waals surface area contributed by atoms with Crippen molar-refractivity contribution < 1.29 is 36.8 Å². The highest BCUT2D eigenvalue weighted by Gasteiger charge is 2.25. The Hall–Kier alpha value is 0.0600. The minimum atomic E-state index is 0. The fourth-order valence-corrected chi connectivity index (χ4v) is 4.58. The summed E-state index contributed by atoms with van der Waals surface area (Å²) in [7, 11) is 0. The van der Waals surface area contributed by atoms with Gasteiger partial charge in [-0.05, 0) is 38.5 Å². The number of quaternary nitrogens is 1. The van der Waals surface area contributed by atoms with E-state index in [1.54, 1.807) is 0 Å². The normalized spacial score (nSPS) is 11.9. The molecule has 0 spiro atoms. The van der Waals surface area contributed by atoms with Gasteiger partial charge in [0.05, 0.1) is 26.2 Å². The lowest BCUT2D eigenvalue weighted by atomic mass is 10.1.